The fourth-order valence-electron chi connectivity index (χ4n) is 3.51. The first-order valence-corrected chi connectivity index (χ1v) is 15.1. The molecule has 3 aromatic carbocycles. The van der Waals surface area contributed by atoms with Gasteiger partial charge in [0.05, 0.1) is 6.61 Å². The molecule has 0 atom stereocenters. The zero-order valence-electron chi connectivity index (χ0n) is 21.5. The maximum atomic E-state index is 6.87. The molecule has 3 nitrogen and oxygen atoms in total. The zero-order chi connectivity index (χ0) is 24.6. The minimum absolute atomic E-state index is 0.0564. The van der Waals surface area contributed by atoms with Gasteiger partial charge in [0.25, 0.3) is 14.3 Å². The minimum atomic E-state index is -2.14. The van der Waals surface area contributed by atoms with Gasteiger partial charge in [-0.2, -0.15) is 0 Å². The topological polar surface area (TPSA) is 21.7 Å². The van der Waals surface area contributed by atoms with Gasteiger partial charge in [-0.3, -0.25) is 0 Å². The molecule has 0 aliphatic heterocycles. The average molecular weight is 474 g/mol. The summed E-state index contributed by atoms with van der Waals surface area (Å²) in [7, 11) is -2.14. The number of rotatable bonds is 10. The van der Waals surface area contributed by atoms with Crippen molar-refractivity contribution in [2.45, 2.75) is 58.9 Å². The van der Waals surface area contributed by atoms with Crippen LogP contribution >= 0.6 is 0 Å². The number of hydrogen-bond acceptors (Lipinski definition) is 3. The summed E-state index contributed by atoms with van der Waals surface area (Å²) in [6.07, 6.45) is 0. The van der Waals surface area contributed by atoms with Crippen LogP contribution in [0.15, 0.2) is 96.9 Å². The van der Waals surface area contributed by atoms with E-state index >= 15 is 0 Å². The standard InChI is InChI=1S/C30H39NO2Si/c1-7-32-29(33-34(5,6)30(2,3)4)28(27-21-15-10-16-22-27)31(23-25-17-11-8-12-18-25)24-26-19-13-9-14-20-26/h8-22H,7,23-24H2,1-6H3/b29-28+. The van der Waals surface area contributed by atoms with Crippen LogP contribution in [-0.2, 0) is 22.3 Å². The summed E-state index contributed by atoms with van der Waals surface area (Å²) in [5.74, 6) is 0.632. The number of hydrogen-bond donors (Lipinski definition) is 0. The van der Waals surface area contributed by atoms with Crippen LogP contribution in [0.5, 0.6) is 0 Å². The van der Waals surface area contributed by atoms with Crippen molar-refractivity contribution in [3.8, 4) is 0 Å². The summed E-state index contributed by atoms with van der Waals surface area (Å²) in [6, 6.07) is 31.7. The van der Waals surface area contributed by atoms with E-state index in [1.807, 2.05) is 6.92 Å². The molecule has 3 rings (SSSR count). The highest BCUT2D eigenvalue weighted by atomic mass is 28.4. The Morgan fingerprint density at radius 1 is 0.735 bits per heavy atom. The molecule has 0 spiro atoms. The van der Waals surface area contributed by atoms with Crippen molar-refractivity contribution < 1.29 is 9.16 Å². The van der Waals surface area contributed by atoms with Crippen molar-refractivity contribution in [1.29, 1.82) is 0 Å². The van der Waals surface area contributed by atoms with E-state index in [-0.39, 0.29) is 5.04 Å². The first-order valence-electron chi connectivity index (χ1n) is 12.2. The SMILES string of the molecule is CCO/C(O[Si](C)(C)C(C)(C)C)=C(/c1ccccc1)N(Cc1ccccc1)Cc1ccccc1. The molecule has 0 saturated carbocycles. The van der Waals surface area contributed by atoms with Gasteiger partial charge in [-0.05, 0) is 36.2 Å². The fraction of sp³-hybridized carbons (Fsp3) is 0.333. The average Bonchev–Trinajstić information content (AvgIpc) is 2.80. The quantitative estimate of drug-likeness (QED) is 0.219. The van der Waals surface area contributed by atoms with Gasteiger partial charge in [0.2, 0.25) is 0 Å². The van der Waals surface area contributed by atoms with Gasteiger partial charge in [0.15, 0.2) is 0 Å². The summed E-state index contributed by atoms with van der Waals surface area (Å²) in [6.45, 7) is 15.4. The highest BCUT2D eigenvalue weighted by Crippen LogP contribution is 2.40. The van der Waals surface area contributed by atoms with E-state index in [2.05, 4.69) is 130 Å². The lowest BCUT2D eigenvalue weighted by Crippen LogP contribution is -2.41. The Kier molecular flexibility index (Phi) is 8.62. The molecule has 180 valence electrons. The maximum absolute atomic E-state index is 6.87. The van der Waals surface area contributed by atoms with Gasteiger partial charge in [-0.1, -0.05) is 112 Å². The molecule has 0 aliphatic rings. The smallest absolute Gasteiger partial charge is 0.290 e. The Morgan fingerprint density at radius 3 is 1.59 bits per heavy atom. The van der Waals surface area contributed by atoms with E-state index in [1.165, 1.54) is 11.1 Å². The number of benzene rings is 3. The van der Waals surface area contributed by atoms with Crippen LogP contribution in [-0.4, -0.2) is 19.8 Å². The lowest BCUT2D eigenvalue weighted by molar-refractivity contribution is 0.103. The maximum Gasteiger partial charge on any atom is 0.290 e. The fourth-order valence-corrected chi connectivity index (χ4v) is 4.43. The van der Waals surface area contributed by atoms with Gasteiger partial charge in [0, 0.05) is 18.7 Å². The predicted octanol–water partition coefficient (Wildman–Crippen LogP) is 8.07. The van der Waals surface area contributed by atoms with Gasteiger partial charge < -0.3 is 14.1 Å². The third kappa shape index (κ3) is 6.77. The van der Waals surface area contributed by atoms with Crippen molar-refractivity contribution in [2.24, 2.45) is 0 Å². The van der Waals surface area contributed by atoms with E-state index in [0.29, 0.717) is 12.6 Å². The Hall–Kier alpha value is -2.98. The molecule has 0 aromatic heterocycles. The second kappa shape index (κ2) is 11.4. The highest BCUT2D eigenvalue weighted by molar-refractivity contribution is 6.74. The van der Waals surface area contributed by atoms with Crippen LogP contribution in [0, 0.1) is 0 Å². The molecule has 0 bridgehead atoms. The van der Waals surface area contributed by atoms with E-state index in [0.717, 1.165) is 24.4 Å². The Labute approximate surface area is 207 Å². The number of ether oxygens (including phenoxy) is 1. The largest absolute Gasteiger partial charge is 0.517 e. The van der Waals surface area contributed by atoms with Gasteiger partial charge in [-0.15, -0.1) is 0 Å². The second-order valence-corrected chi connectivity index (χ2v) is 14.8. The summed E-state index contributed by atoms with van der Waals surface area (Å²) in [5.41, 5.74) is 4.58. The van der Waals surface area contributed by atoms with E-state index in [9.17, 15) is 0 Å². The van der Waals surface area contributed by atoms with Gasteiger partial charge in [-0.25, -0.2) is 0 Å². The Morgan fingerprint density at radius 2 is 1.18 bits per heavy atom. The van der Waals surface area contributed by atoms with Crippen LogP contribution in [0.2, 0.25) is 18.1 Å². The minimum Gasteiger partial charge on any atom is -0.517 e. The van der Waals surface area contributed by atoms with Crippen LogP contribution in [0.25, 0.3) is 5.70 Å². The molecule has 0 saturated heterocycles. The Balaban J connectivity index is 2.18. The first-order chi connectivity index (χ1) is 16.2. The van der Waals surface area contributed by atoms with Gasteiger partial charge >= 0.3 is 0 Å². The molecule has 0 unspecified atom stereocenters. The summed E-state index contributed by atoms with van der Waals surface area (Å²) < 4.78 is 13.2. The van der Waals surface area contributed by atoms with Crippen LogP contribution in [0.3, 0.4) is 0 Å². The molecule has 4 heteroatoms. The third-order valence-electron chi connectivity index (χ3n) is 6.42. The van der Waals surface area contributed by atoms with E-state index in [4.69, 9.17) is 9.16 Å². The molecule has 0 amide bonds. The van der Waals surface area contributed by atoms with Crippen LogP contribution < -0.4 is 0 Å². The highest BCUT2D eigenvalue weighted by Gasteiger charge is 2.41. The first kappa shape index (κ1) is 25.6. The molecular formula is C30H39NO2Si. The van der Waals surface area contributed by atoms with E-state index in [1.54, 1.807) is 0 Å². The molecule has 0 radical (unpaired) electrons. The molecule has 0 N–H and O–H groups in total. The van der Waals surface area contributed by atoms with E-state index < -0.39 is 8.32 Å². The number of nitrogens with zero attached hydrogens (tertiary/aromatic N) is 1. The van der Waals surface area contributed by atoms with Crippen LogP contribution in [0.1, 0.15) is 44.4 Å². The lowest BCUT2D eigenvalue weighted by Gasteiger charge is -2.38. The van der Waals surface area contributed by atoms with Crippen molar-refractivity contribution >= 4 is 14.0 Å². The van der Waals surface area contributed by atoms with Crippen LogP contribution in [0.4, 0.5) is 0 Å². The zero-order valence-corrected chi connectivity index (χ0v) is 22.5. The third-order valence-corrected chi connectivity index (χ3v) is 10.7. The monoisotopic (exact) mass is 473 g/mol. The summed E-state index contributed by atoms with van der Waals surface area (Å²) in [5, 5.41) is 0.0564. The lowest BCUT2D eigenvalue weighted by atomic mass is 10.1. The molecular weight excluding hydrogens is 434 g/mol. The normalized spacial score (nSPS) is 12.6. The second-order valence-electron chi connectivity index (χ2n) is 10.1. The van der Waals surface area contributed by atoms with Crippen molar-refractivity contribution in [3.63, 3.8) is 0 Å². The molecule has 0 fully saturated rings. The van der Waals surface area contributed by atoms with Crippen molar-refractivity contribution in [3.05, 3.63) is 114 Å². The van der Waals surface area contributed by atoms with Crippen molar-refractivity contribution in [2.75, 3.05) is 6.61 Å². The van der Waals surface area contributed by atoms with Crippen molar-refractivity contribution in [1.82, 2.24) is 4.90 Å². The Bertz CT molecular complexity index is 1000. The summed E-state index contributed by atoms with van der Waals surface area (Å²) in [4.78, 5) is 2.39. The molecule has 0 aliphatic carbocycles. The summed E-state index contributed by atoms with van der Waals surface area (Å²) >= 11 is 0. The molecule has 0 heterocycles. The molecule has 34 heavy (non-hydrogen) atoms. The molecule has 3 aromatic rings. The predicted molar refractivity (Wildman–Crippen MR) is 145 cm³/mol. The van der Waals surface area contributed by atoms with Gasteiger partial charge in [0.1, 0.15) is 5.70 Å².